The molecule has 0 aliphatic carbocycles. The van der Waals surface area contributed by atoms with E-state index in [1.807, 2.05) is 13.8 Å². The monoisotopic (exact) mass is 315 g/mol. The Bertz CT molecular complexity index is 639. The molecule has 0 aromatic carbocycles. The maximum Gasteiger partial charge on any atom is 0.419 e. The van der Waals surface area contributed by atoms with Gasteiger partial charge in [0.1, 0.15) is 5.82 Å². The minimum atomic E-state index is -4.44. The van der Waals surface area contributed by atoms with Gasteiger partial charge in [0.05, 0.1) is 42.5 Å². The Morgan fingerprint density at radius 3 is 2.64 bits per heavy atom. The molecule has 0 spiro atoms. The van der Waals surface area contributed by atoms with Gasteiger partial charge in [-0.3, -0.25) is 9.67 Å². The molecule has 1 N–H and O–H groups in total. The second kappa shape index (κ2) is 6.20. The fourth-order valence-electron chi connectivity index (χ4n) is 1.82. The lowest BCUT2D eigenvalue weighted by Gasteiger charge is -2.12. The van der Waals surface area contributed by atoms with Crippen molar-refractivity contribution < 1.29 is 17.9 Å². The Kier molecular flexibility index (Phi) is 4.53. The fraction of sp³-hybridized carbons (Fsp3) is 0.462. The van der Waals surface area contributed by atoms with Gasteiger partial charge in [-0.2, -0.15) is 23.3 Å². The van der Waals surface area contributed by atoms with Crippen LogP contribution < -0.4 is 10.1 Å². The molecule has 0 bridgehead atoms. The molecular weight excluding hydrogens is 299 g/mol. The van der Waals surface area contributed by atoms with Crippen LogP contribution in [-0.4, -0.2) is 25.9 Å². The highest BCUT2D eigenvalue weighted by molar-refractivity contribution is 5.35. The fourth-order valence-corrected chi connectivity index (χ4v) is 1.82. The van der Waals surface area contributed by atoms with Gasteiger partial charge in [0, 0.05) is 7.05 Å². The third-order valence-corrected chi connectivity index (χ3v) is 2.77. The molecule has 2 rings (SSSR count). The van der Waals surface area contributed by atoms with E-state index in [-0.39, 0.29) is 18.3 Å². The normalized spacial score (nSPS) is 11.8. The van der Waals surface area contributed by atoms with E-state index in [1.54, 1.807) is 0 Å². The lowest BCUT2D eigenvalue weighted by Crippen LogP contribution is -2.14. The summed E-state index contributed by atoms with van der Waals surface area (Å²) >= 11 is 0. The lowest BCUT2D eigenvalue weighted by atomic mass is 10.2. The molecule has 0 aliphatic rings. The van der Waals surface area contributed by atoms with Crippen molar-refractivity contribution in [3.8, 4) is 5.88 Å². The van der Waals surface area contributed by atoms with Crippen molar-refractivity contribution in [2.24, 2.45) is 7.05 Å². The van der Waals surface area contributed by atoms with E-state index in [0.29, 0.717) is 11.7 Å². The third-order valence-electron chi connectivity index (χ3n) is 2.77. The molecule has 22 heavy (non-hydrogen) atoms. The quantitative estimate of drug-likeness (QED) is 0.919. The highest BCUT2D eigenvalue weighted by Gasteiger charge is 2.35. The number of rotatable bonds is 5. The highest BCUT2D eigenvalue weighted by atomic mass is 19.4. The number of alkyl halides is 3. The zero-order valence-corrected chi connectivity index (χ0v) is 12.3. The SMILES string of the molecule is CC(C)Oc1cncc(NCc2c(C(F)(F)F)cnn2C)n1. The smallest absolute Gasteiger partial charge is 0.419 e. The van der Waals surface area contributed by atoms with E-state index in [4.69, 9.17) is 4.74 Å². The maximum atomic E-state index is 12.9. The van der Waals surface area contributed by atoms with Gasteiger partial charge in [-0.1, -0.05) is 0 Å². The van der Waals surface area contributed by atoms with Gasteiger partial charge < -0.3 is 10.1 Å². The zero-order chi connectivity index (χ0) is 16.3. The van der Waals surface area contributed by atoms with Crippen LogP contribution in [-0.2, 0) is 19.8 Å². The van der Waals surface area contributed by atoms with Crippen LogP contribution in [0.4, 0.5) is 19.0 Å². The molecule has 2 aromatic heterocycles. The number of nitrogens with zero attached hydrogens (tertiary/aromatic N) is 4. The Morgan fingerprint density at radius 1 is 1.27 bits per heavy atom. The van der Waals surface area contributed by atoms with E-state index in [0.717, 1.165) is 6.20 Å². The van der Waals surface area contributed by atoms with Gasteiger partial charge in [0.25, 0.3) is 0 Å². The Morgan fingerprint density at radius 2 is 2.00 bits per heavy atom. The van der Waals surface area contributed by atoms with Gasteiger partial charge >= 0.3 is 6.18 Å². The molecular formula is C13H16F3N5O. The predicted molar refractivity (Wildman–Crippen MR) is 73.3 cm³/mol. The summed E-state index contributed by atoms with van der Waals surface area (Å²) in [5, 5.41) is 6.45. The Balaban J connectivity index is 2.12. The second-order valence-corrected chi connectivity index (χ2v) is 4.89. The summed E-state index contributed by atoms with van der Waals surface area (Å²) in [6, 6.07) is 0. The average Bonchev–Trinajstić information content (AvgIpc) is 2.77. The standard InChI is InChI=1S/C13H16F3N5O/c1-8(2)22-12-7-17-6-11(20-12)18-5-10-9(13(14,15)16)4-19-21(10)3/h4,6-8H,5H2,1-3H3,(H,18,20). The molecule has 2 aromatic rings. The van der Waals surface area contributed by atoms with E-state index < -0.39 is 11.7 Å². The van der Waals surface area contributed by atoms with Crippen molar-refractivity contribution in [3.63, 3.8) is 0 Å². The van der Waals surface area contributed by atoms with E-state index in [9.17, 15) is 13.2 Å². The molecule has 2 heterocycles. The highest BCUT2D eigenvalue weighted by Crippen LogP contribution is 2.31. The number of aryl methyl sites for hydroxylation is 1. The number of nitrogens with one attached hydrogen (secondary N) is 1. The molecule has 6 nitrogen and oxygen atoms in total. The van der Waals surface area contributed by atoms with Gasteiger partial charge in [0.15, 0.2) is 0 Å². The van der Waals surface area contributed by atoms with Crippen LogP contribution >= 0.6 is 0 Å². The van der Waals surface area contributed by atoms with Crippen molar-refractivity contribution in [1.29, 1.82) is 0 Å². The molecule has 0 radical (unpaired) electrons. The molecule has 0 saturated carbocycles. The van der Waals surface area contributed by atoms with Crippen molar-refractivity contribution in [2.75, 3.05) is 5.32 Å². The number of hydrogen-bond donors (Lipinski definition) is 1. The number of aromatic nitrogens is 4. The maximum absolute atomic E-state index is 12.9. The lowest BCUT2D eigenvalue weighted by molar-refractivity contribution is -0.138. The second-order valence-electron chi connectivity index (χ2n) is 4.89. The molecule has 0 saturated heterocycles. The predicted octanol–water partition coefficient (Wildman–Crippen LogP) is 2.63. The van der Waals surface area contributed by atoms with Crippen molar-refractivity contribution >= 4 is 5.82 Å². The van der Waals surface area contributed by atoms with Crippen molar-refractivity contribution in [2.45, 2.75) is 32.7 Å². The first-order chi connectivity index (χ1) is 10.3. The molecule has 0 unspecified atom stereocenters. The minimum Gasteiger partial charge on any atom is -0.474 e. The molecule has 0 amide bonds. The summed E-state index contributed by atoms with van der Waals surface area (Å²) < 4.78 is 45.2. The van der Waals surface area contributed by atoms with E-state index in [2.05, 4.69) is 20.4 Å². The van der Waals surface area contributed by atoms with Crippen LogP contribution in [0.15, 0.2) is 18.6 Å². The van der Waals surface area contributed by atoms with Gasteiger partial charge in [-0.25, -0.2) is 0 Å². The first-order valence-electron chi connectivity index (χ1n) is 6.58. The molecule has 9 heteroatoms. The van der Waals surface area contributed by atoms with Gasteiger partial charge in [-0.15, -0.1) is 0 Å². The van der Waals surface area contributed by atoms with Gasteiger partial charge in [-0.05, 0) is 13.8 Å². The van der Waals surface area contributed by atoms with Crippen LogP contribution in [0, 0.1) is 0 Å². The Labute approximate surface area is 125 Å². The molecule has 0 atom stereocenters. The molecule has 0 aliphatic heterocycles. The number of ether oxygens (including phenoxy) is 1. The molecule has 120 valence electrons. The van der Waals surface area contributed by atoms with Crippen LogP contribution in [0.5, 0.6) is 5.88 Å². The topological polar surface area (TPSA) is 64.9 Å². The number of hydrogen-bond acceptors (Lipinski definition) is 5. The van der Waals surface area contributed by atoms with Gasteiger partial charge in [0.2, 0.25) is 5.88 Å². The average molecular weight is 315 g/mol. The van der Waals surface area contributed by atoms with Crippen LogP contribution in [0.25, 0.3) is 0 Å². The first kappa shape index (κ1) is 16.1. The summed E-state index contributed by atoms with van der Waals surface area (Å²) in [4.78, 5) is 8.06. The largest absolute Gasteiger partial charge is 0.474 e. The van der Waals surface area contributed by atoms with E-state index >= 15 is 0 Å². The third kappa shape index (κ3) is 3.86. The van der Waals surface area contributed by atoms with Crippen molar-refractivity contribution in [3.05, 3.63) is 29.8 Å². The van der Waals surface area contributed by atoms with Crippen LogP contribution in [0.2, 0.25) is 0 Å². The van der Waals surface area contributed by atoms with Crippen molar-refractivity contribution in [1.82, 2.24) is 19.7 Å². The Hall–Kier alpha value is -2.32. The summed E-state index contributed by atoms with van der Waals surface area (Å²) in [7, 11) is 1.45. The van der Waals surface area contributed by atoms with Crippen LogP contribution in [0.1, 0.15) is 25.1 Å². The zero-order valence-electron chi connectivity index (χ0n) is 12.3. The summed E-state index contributed by atoms with van der Waals surface area (Å²) in [5.74, 6) is 0.633. The first-order valence-corrected chi connectivity index (χ1v) is 6.58. The summed E-state index contributed by atoms with van der Waals surface area (Å²) in [6.45, 7) is 3.60. The summed E-state index contributed by atoms with van der Waals surface area (Å²) in [6.07, 6.45) is -0.855. The number of anilines is 1. The summed E-state index contributed by atoms with van der Waals surface area (Å²) in [5.41, 5.74) is -0.755. The molecule has 0 fully saturated rings. The van der Waals surface area contributed by atoms with Crippen LogP contribution in [0.3, 0.4) is 0 Å². The number of halogens is 3. The minimum absolute atomic E-state index is 0.0180. The van der Waals surface area contributed by atoms with E-state index in [1.165, 1.54) is 24.1 Å².